The predicted octanol–water partition coefficient (Wildman–Crippen LogP) is 4.77. The van der Waals surface area contributed by atoms with Crippen LogP contribution in [0.15, 0.2) is 69.6 Å². The van der Waals surface area contributed by atoms with Crippen LogP contribution < -0.4 is 15.2 Å². The van der Waals surface area contributed by atoms with Gasteiger partial charge in [-0.05, 0) is 36.1 Å². The number of nitriles is 1. The molecule has 1 aliphatic heterocycles. The van der Waals surface area contributed by atoms with Gasteiger partial charge in [0.05, 0.1) is 24.7 Å². The number of ketones is 1. The van der Waals surface area contributed by atoms with Crippen LogP contribution in [0, 0.1) is 11.3 Å². The number of allylic oxidation sites excluding steroid dienone is 3. The summed E-state index contributed by atoms with van der Waals surface area (Å²) in [4.78, 5) is 14.8. The lowest BCUT2D eigenvalue weighted by molar-refractivity contribution is -0.116. The molecule has 0 saturated heterocycles. The van der Waals surface area contributed by atoms with Gasteiger partial charge in [0.25, 0.3) is 0 Å². The molecule has 0 aromatic heterocycles. The molecule has 0 fully saturated rings. The van der Waals surface area contributed by atoms with Gasteiger partial charge < -0.3 is 20.1 Å². The van der Waals surface area contributed by atoms with Gasteiger partial charge in [0.1, 0.15) is 12.4 Å². The molecule has 0 unspecified atom stereocenters. The van der Waals surface area contributed by atoms with Crippen LogP contribution in [0.25, 0.3) is 0 Å². The van der Waals surface area contributed by atoms with Crippen LogP contribution in [-0.4, -0.2) is 24.8 Å². The van der Waals surface area contributed by atoms with Crippen LogP contribution in [0.3, 0.4) is 0 Å². The fourth-order valence-corrected chi connectivity index (χ4v) is 4.90. The number of hydrogen-bond donors (Lipinski definition) is 1. The van der Waals surface area contributed by atoms with Crippen molar-refractivity contribution in [3.05, 3.63) is 80.7 Å². The fourth-order valence-electron chi connectivity index (χ4n) is 4.35. The number of ether oxygens (including phenoxy) is 2. The third-order valence-corrected chi connectivity index (χ3v) is 6.69. The van der Waals surface area contributed by atoms with Crippen LogP contribution in [0.1, 0.15) is 36.3 Å². The van der Waals surface area contributed by atoms with Crippen LogP contribution in [0.5, 0.6) is 11.5 Å². The van der Waals surface area contributed by atoms with E-state index < -0.39 is 5.92 Å². The maximum atomic E-state index is 13.0. The highest BCUT2D eigenvalue weighted by atomic mass is 79.9. The van der Waals surface area contributed by atoms with Crippen molar-refractivity contribution in [2.75, 3.05) is 14.2 Å². The summed E-state index contributed by atoms with van der Waals surface area (Å²) < 4.78 is 12.3. The van der Waals surface area contributed by atoms with E-state index in [0.717, 1.165) is 34.1 Å². The van der Waals surface area contributed by atoms with E-state index >= 15 is 0 Å². The third kappa shape index (κ3) is 3.87. The van der Waals surface area contributed by atoms with Gasteiger partial charge in [0.2, 0.25) is 0 Å². The molecule has 7 heteroatoms. The first-order valence-electron chi connectivity index (χ1n) is 10.4. The number of Topliss-reactive ketones (excluding diaryl/α,β-unsaturated/α-hetero) is 1. The van der Waals surface area contributed by atoms with E-state index in [4.69, 9.17) is 15.2 Å². The highest BCUT2D eigenvalue weighted by Crippen LogP contribution is 2.48. The average molecular weight is 494 g/mol. The summed E-state index contributed by atoms with van der Waals surface area (Å²) >= 11 is 3.64. The second kappa shape index (κ2) is 9.09. The van der Waals surface area contributed by atoms with Gasteiger partial charge >= 0.3 is 0 Å². The van der Waals surface area contributed by atoms with Crippen molar-refractivity contribution in [2.45, 2.75) is 31.8 Å². The molecule has 0 radical (unpaired) electrons. The maximum Gasteiger partial charge on any atom is 0.162 e. The number of halogens is 1. The van der Waals surface area contributed by atoms with Gasteiger partial charge in [-0.3, -0.25) is 4.79 Å². The van der Waals surface area contributed by atoms with Crippen molar-refractivity contribution in [3.63, 3.8) is 0 Å². The second-order valence-corrected chi connectivity index (χ2v) is 8.69. The molecule has 0 spiro atoms. The van der Waals surface area contributed by atoms with E-state index in [9.17, 15) is 10.1 Å². The Balaban J connectivity index is 1.78. The minimum absolute atomic E-state index is 0.0543. The molecule has 4 rings (SSSR count). The number of methoxy groups -OCH3 is 1. The van der Waals surface area contributed by atoms with Crippen molar-refractivity contribution in [1.82, 2.24) is 4.90 Å². The van der Waals surface area contributed by atoms with Crippen LogP contribution in [-0.2, 0) is 11.4 Å². The first-order chi connectivity index (χ1) is 15.5. The summed E-state index contributed by atoms with van der Waals surface area (Å²) in [5.74, 6) is 0.976. The lowest BCUT2D eigenvalue weighted by Gasteiger charge is -2.38. The quantitative estimate of drug-likeness (QED) is 0.645. The first kappa shape index (κ1) is 22.0. The Bertz CT molecular complexity index is 1160. The average Bonchev–Trinajstić information content (AvgIpc) is 2.81. The molecule has 1 atom stereocenters. The largest absolute Gasteiger partial charge is 0.493 e. The summed E-state index contributed by atoms with van der Waals surface area (Å²) in [7, 11) is 3.38. The molecule has 0 amide bonds. The Morgan fingerprint density at radius 2 is 1.97 bits per heavy atom. The lowest BCUT2D eigenvalue weighted by Crippen LogP contribution is -2.36. The zero-order chi connectivity index (χ0) is 22.8. The SMILES string of the molecule is COc1cc([C@H]2C(C#N)=C(N)N(C)C3=C2C(=O)CCC3)c(Br)cc1OCc1ccccc1. The summed E-state index contributed by atoms with van der Waals surface area (Å²) in [6, 6.07) is 15.8. The van der Waals surface area contributed by atoms with E-state index in [1.807, 2.05) is 49.5 Å². The molecule has 0 saturated carbocycles. The fraction of sp³-hybridized carbons (Fsp3) is 0.280. The molecule has 0 bridgehead atoms. The van der Waals surface area contributed by atoms with E-state index in [0.29, 0.717) is 41.5 Å². The maximum absolute atomic E-state index is 13.0. The van der Waals surface area contributed by atoms with Crippen LogP contribution in [0.2, 0.25) is 0 Å². The number of hydrogen-bond acceptors (Lipinski definition) is 6. The molecule has 1 aliphatic carbocycles. The molecule has 2 aliphatic rings. The molecule has 32 heavy (non-hydrogen) atoms. The molecule has 2 N–H and O–H groups in total. The summed E-state index contributed by atoms with van der Waals surface area (Å²) in [6.07, 6.45) is 2.00. The predicted molar refractivity (Wildman–Crippen MR) is 125 cm³/mol. The Hall–Kier alpha value is -3.24. The number of benzene rings is 2. The zero-order valence-corrected chi connectivity index (χ0v) is 19.6. The number of nitrogens with two attached hydrogens (primary N) is 1. The molecule has 2 aromatic carbocycles. The number of carbonyl (C=O) groups is 1. The molecule has 1 heterocycles. The molecule has 2 aromatic rings. The van der Waals surface area contributed by atoms with Crippen molar-refractivity contribution >= 4 is 21.7 Å². The van der Waals surface area contributed by atoms with Gasteiger partial charge in [0.15, 0.2) is 17.3 Å². The van der Waals surface area contributed by atoms with Crippen molar-refractivity contribution in [2.24, 2.45) is 5.73 Å². The Labute approximate surface area is 196 Å². The van der Waals surface area contributed by atoms with Crippen molar-refractivity contribution in [1.29, 1.82) is 5.26 Å². The first-order valence-corrected chi connectivity index (χ1v) is 11.2. The van der Waals surface area contributed by atoms with E-state index in [-0.39, 0.29) is 5.78 Å². The third-order valence-electron chi connectivity index (χ3n) is 6.00. The molecular weight excluding hydrogens is 470 g/mol. The normalized spacial score (nSPS) is 18.4. The van der Waals surface area contributed by atoms with Gasteiger partial charge in [-0.2, -0.15) is 5.26 Å². The van der Waals surface area contributed by atoms with Gasteiger partial charge in [-0.25, -0.2) is 0 Å². The zero-order valence-electron chi connectivity index (χ0n) is 18.0. The second-order valence-electron chi connectivity index (χ2n) is 7.84. The number of nitrogens with zero attached hydrogens (tertiary/aromatic N) is 2. The van der Waals surface area contributed by atoms with Crippen molar-refractivity contribution < 1.29 is 14.3 Å². The van der Waals surface area contributed by atoms with E-state index in [2.05, 4.69) is 22.0 Å². The Morgan fingerprint density at radius 1 is 1.22 bits per heavy atom. The molecular formula is C25H24BrN3O3. The van der Waals surface area contributed by atoms with Gasteiger partial charge in [-0.15, -0.1) is 0 Å². The van der Waals surface area contributed by atoms with Crippen LogP contribution in [0.4, 0.5) is 0 Å². The van der Waals surface area contributed by atoms with Gasteiger partial charge in [0, 0.05) is 29.2 Å². The monoisotopic (exact) mass is 493 g/mol. The lowest BCUT2D eigenvalue weighted by atomic mass is 9.76. The summed E-state index contributed by atoms with van der Waals surface area (Å²) in [5.41, 5.74) is 10.0. The van der Waals surface area contributed by atoms with Gasteiger partial charge in [-0.1, -0.05) is 46.3 Å². The molecule has 164 valence electrons. The summed E-state index contributed by atoms with van der Waals surface area (Å²) in [6.45, 7) is 0.390. The van der Waals surface area contributed by atoms with Crippen molar-refractivity contribution in [3.8, 4) is 17.6 Å². The smallest absolute Gasteiger partial charge is 0.162 e. The highest BCUT2D eigenvalue weighted by molar-refractivity contribution is 9.10. The van der Waals surface area contributed by atoms with E-state index in [1.165, 1.54) is 0 Å². The number of rotatable bonds is 5. The standard InChI is InChI=1S/C25H24BrN3O3/c1-29-19-9-6-10-20(30)24(19)23(17(13-27)25(29)28)16-11-21(31-2)22(12-18(16)26)32-14-15-7-4-3-5-8-15/h3-5,7-8,11-12,23H,6,9-10,14,28H2,1-2H3/t23-/m0/s1. The number of carbonyl (C=O) groups excluding carboxylic acids is 1. The highest BCUT2D eigenvalue weighted by Gasteiger charge is 2.39. The Kier molecular flexibility index (Phi) is 6.24. The molecule has 6 nitrogen and oxygen atoms in total. The minimum Gasteiger partial charge on any atom is -0.493 e. The topological polar surface area (TPSA) is 88.6 Å². The Morgan fingerprint density at radius 3 is 2.66 bits per heavy atom. The summed E-state index contributed by atoms with van der Waals surface area (Å²) in [5, 5.41) is 9.95. The minimum atomic E-state index is -0.551. The van der Waals surface area contributed by atoms with Crippen LogP contribution >= 0.6 is 15.9 Å². The van der Waals surface area contributed by atoms with E-state index in [1.54, 1.807) is 12.0 Å².